The van der Waals surface area contributed by atoms with E-state index in [1.807, 2.05) is 12.1 Å². The van der Waals surface area contributed by atoms with Gasteiger partial charge in [-0.3, -0.25) is 10.1 Å². The second-order valence-corrected chi connectivity index (χ2v) is 6.70. The Bertz CT molecular complexity index is 943. The fourth-order valence-corrected chi connectivity index (χ4v) is 4.04. The van der Waals surface area contributed by atoms with Gasteiger partial charge in [0.15, 0.2) is 5.13 Å². The number of nitrogens with zero attached hydrogens (tertiary/aromatic N) is 1. The Morgan fingerprint density at radius 3 is 2.52 bits per heavy atom. The van der Waals surface area contributed by atoms with Crippen LogP contribution in [0, 0.1) is 0 Å². The molecule has 5 nitrogen and oxygen atoms in total. The smallest absolute Gasteiger partial charge is 0.265 e. The van der Waals surface area contributed by atoms with Crippen LogP contribution in [0.3, 0.4) is 0 Å². The van der Waals surface area contributed by atoms with Crippen LogP contribution in [-0.4, -0.2) is 25.1 Å². The normalized spacial score (nSPS) is 11.6. The Balaban J connectivity index is 1.64. The maximum absolute atomic E-state index is 12.7. The van der Waals surface area contributed by atoms with E-state index in [4.69, 9.17) is 9.47 Å². The summed E-state index contributed by atoms with van der Waals surface area (Å²) in [5.74, 6) is 0.632. The zero-order valence-corrected chi connectivity index (χ0v) is 14.6. The van der Waals surface area contributed by atoms with Gasteiger partial charge in [0.2, 0.25) is 0 Å². The molecule has 0 fully saturated rings. The number of fused-ring (bicyclic) bond motifs is 3. The molecule has 0 saturated heterocycles. The second kappa shape index (κ2) is 6.22. The summed E-state index contributed by atoms with van der Waals surface area (Å²) in [5.41, 5.74) is 3.75. The van der Waals surface area contributed by atoms with Gasteiger partial charge in [-0.1, -0.05) is 30.3 Å². The van der Waals surface area contributed by atoms with Crippen LogP contribution in [0.4, 0.5) is 5.13 Å². The third-order valence-corrected chi connectivity index (χ3v) is 5.17. The van der Waals surface area contributed by atoms with Gasteiger partial charge in [0.05, 0.1) is 19.9 Å². The summed E-state index contributed by atoms with van der Waals surface area (Å²) in [4.78, 5) is 18.5. The lowest BCUT2D eigenvalue weighted by molar-refractivity contribution is 0.102. The maximum atomic E-state index is 12.7. The Hall–Kier alpha value is -2.86. The van der Waals surface area contributed by atoms with Gasteiger partial charge in [-0.2, -0.15) is 0 Å². The molecule has 0 atom stereocenters. The van der Waals surface area contributed by atoms with Crippen molar-refractivity contribution in [1.82, 2.24) is 4.98 Å². The minimum absolute atomic E-state index is 0.296. The minimum Gasteiger partial charge on any atom is -0.496 e. The van der Waals surface area contributed by atoms with Gasteiger partial charge >= 0.3 is 0 Å². The molecular weight excluding hydrogens is 336 g/mol. The van der Waals surface area contributed by atoms with Gasteiger partial charge in [-0.15, -0.1) is 11.3 Å². The van der Waals surface area contributed by atoms with E-state index >= 15 is 0 Å². The Morgan fingerprint density at radius 2 is 1.80 bits per heavy atom. The number of carbonyl (C=O) groups is 1. The van der Waals surface area contributed by atoms with E-state index in [1.54, 1.807) is 18.2 Å². The van der Waals surface area contributed by atoms with Crippen molar-refractivity contribution in [2.24, 2.45) is 0 Å². The topological polar surface area (TPSA) is 60.5 Å². The number of anilines is 1. The average molecular weight is 352 g/mol. The number of amides is 1. The molecule has 6 heteroatoms. The van der Waals surface area contributed by atoms with E-state index < -0.39 is 0 Å². The average Bonchev–Trinajstić information content (AvgIpc) is 3.17. The van der Waals surface area contributed by atoms with E-state index in [0.717, 1.165) is 17.7 Å². The second-order valence-electron chi connectivity index (χ2n) is 5.62. The first-order valence-corrected chi connectivity index (χ1v) is 8.63. The van der Waals surface area contributed by atoms with Crippen LogP contribution in [0.25, 0.3) is 11.3 Å². The summed E-state index contributed by atoms with van der Waals surface area (Å²) < 4.78 is 10.6. The zero-order valence-electron chi connectivity index (χ0n) is 13.8. The van der Waals surface area contributed by atoms with Crippen molar-refractivity contribution >= 4 is 22.4 Å². The van der Waals surface area contributed by atoms with Crippen LogP contribution in [0.1, 0.15) is 20.8 Å². The van der Waals surface area contributed by atoms with Crippen molar-refractivity contribution in [3.63, 3.8) is 0 Å². The summed E-state index contributed by atoms with van der Waals surface area (Å²) in [6.45, 7) is 0. The number of ether oxygens (including phenoxy) is 2. The molecule has 1 heterocycles. The number of hydrogen-bond acceptors (Lipinski definition) is 5. The highest BCUT2D eigenvalue weighted by molar-refractivity contribution is 7.16. The van der Waals surface area contributed by atoms with E-state index in [2.05, 4.69) is 22.4 Å². The fourth-order valence-electron chi connectivity index (χ4n) is 3.05. The van der Waals surface area contributed by atoms with Crippen LogP contribution in [0.5, 0.6) is 11.5 Å². The maximum Gasteiger partial charge on any atom is 0.265 e. The molecule has 3 aromatic rings. The molecule has 126 valence electrons. The Labute approximate surface area is 149 Å². The Kier molecular flexibility index (Phi) is 3.89. The lowest BCUT2D eigenvalue weighted by Gasteiger charge is -2.12. The summed E-state index contributed by atoms with van der Waals surface area (Å²) in [5, 5.41) is 3.46. The van der Waals surface area contributed by atoms with Gasteiger partial charge in [0, 0.05) is 16.9 Å². The van der Waals surface area contributed by atoms with Gasteiger partial charge in [-0.25, -0.2) is 4.98 Å². The molecule has 0 aliphatic heterocycles. The summed E-state index contributed by atoms with van der Waals surface area (Å²) >= 11 is 1.50. The highest BCUT2D eigenvalue weighted by Crippen LogP contribution is 2.41. The molecule has 0 bridgehead atoms. The predicted octanol–water partition coefficient (Wildman–Crippen LogP) is 3.98. The largest absolute Gasteiger partial charge is 0.496 e. The van der Waals surface area contributed by atoms with Gasteiger partial charge in [0.25, 0.3) is 5.91 Å². The summed E-state index contributed by atoms with van der Waals surface area (Å²) in [7, 11) is 3.06. The quantitative estimate of drug-likeness (QED) is 0.603. The van der Waals surface area contributed by atoms with Crippen LogP contribution >= 0.6 is 11.3 Å². The molecule has 1 aliphatic rings. The van der Waals surface area contributed by atoms with Crippen molar-refractivity contribution in [2.75, 3.05) is 19.5 Å². The molecule has 0 saturated carbocycles. The molecule has 25 heavy (non-hydrogen) atoms. The van der Waals surface area contributed by atoms with Crippen LogP contribution < -0.4 is 14.8 Å². The van der Waals surface area contributed by atoms with E-state index in [1.165, 1.54) is 36.0 Å². The van der Waals surface area contributed by atoms with Crippen LogP contribution in [0.2, 0.25) is 0 Å². The van der Waals surface area contributed by atoms with E-state index in [9.17, 15) is 4.79 Å². The first kappa shape index (κ1) is 15.7. The summed E-state index contributed by atoms with van der Waals surface area (Å²) in [6.07, 6.45) is 0.858. The zero-order chi connectivity index (χ0) is 17.4. The van der Waals surface area contributed by atoms with E-state index in [-0.39, 0.29) is 5.91 Å². The van der Waals surface area contributed by atoms with Gasteiger partial charge < -0.3 is 9.47 Å². The summed E-state index contributed by atoms with van der Waals surface area (Å²) in [6, 6.07) is 13.5. The van der Waals surface area contributed by atoms with Crippen LogP contribution in [0.15, 0.2) is 42.5 Å². The standard InChI is InChI=1S/C19H16N2O3S/c1-23-13-8-5-9-14(24-2)16(13)18(22)21-19-20-17-12-7-4-3-6-11(12)10-15(17)25-19/h3-9H,10H2,1-2H3,(H,20,21,22). The van der Waals surface area contributed by atoms with Crippen molar-refractivity contribution in [2.45, 2.75) is 6.42 Å². The molecule has 4 rings (SSSR count). The number of rotatable bonds is 4. The Morgan fingerprint density at radius 1 is 1.08 bits per heavy atom. The van der Waals surface area contributed by atoms with E-state index in [0.29, 0.717) is 22.2 Å². The predicted molar refractivity (Wildman–Crippen MR) is 97.9 cm³/mol. The SMILES string of the molecule is COc1cccc(OC)c1C(=O)Nc1nc2c(s1)Cc1ccccc1-2. The molecule has 2 aromatic carbocycles. The molecule has 0 spiro atoms. The van der Waals surface area contributed by atoms with Crippen LogP contribution in [-0.2, 0) is 6.42 Å². The number of nitrogens with one attached hydrogen (secondary N) is 1. The highest BCUT2D eigenvalue weighted by atomic mass is 32.1. The number of aromatic nitrogens is 1. The molecule has 1 N–H and O–H groups in total. The van der Waals surface area contributed by atoms with Crippen molar-refractivity contribution in [1.29, 1.82) is 0 Å². The third-order valence-electron chi connectivity index (χ3n) is 4.20. The number of hydrogen-bond donors (Lipinski definition) is 1. The molecule has 1 aliphatic carbocycles. The number of thiazole rings is 1. The number of carbonyl (C=O) groups excluding carboxylic acids is 1. The molecule has 1 amide bonds. The number of methoxy groups -OCH3 is 2. The van der Waals surface area contributed by atoms with Crippen molar-refractivity contribution in [3.05, 3.63) is 58.5 Å². The van der Waals surface area contributed by atoms with Gasteiger partial charge in [0.1, 0.15) is 17.1 Å². The molecular formula is C19H16N2O3S. The third kappa shape index (κ3) is 2.64. The van der Waals surface area contributed by atoms with Gasteiger partial charge in [-0.05, 0) is 17.7 Å². The molecule has 0 unspecified atom stereocenters. The minimum atomic E-state index is -0.296. The lowest BCUT2D eigenvalue weighted by Crippen LogP contribution is -2.14. The van der Waals surface area contributed by atoms with Crippen molar-refractivity contribution in [3.8, 4) is 22.8 Å². The van der Waals surface area contributed by atoms with Crippen molar-refractivity contribution < 1.29 is 14.3 Å². The lowest BCUT2D eigenvalue weighted by atomic mass is 10.1. The first-order chi connectivity index (χ1) is 12.2. The highest BCUT2D eigenvalue weighted by Gasteiger charge is 2.25. The number of benzene rings is 2. The molecule has 0 radical (unpaired) electrons. The first-order valence-electron chi connectivity index (χ1n) is 7.81. The monoisotopic (exact) mass is 352 g/mol. The fraction of sp³-hybridized carbons (Fsp3) is 0.158. The molecule has 1 aromatic heterocycles.